The highest BCUT2D eigenvalue weighted by atomic mass is 32.1. The van der Waals surface area contributed by atoms with Crippen LogP contribution in [0.2, 0.25) is 0 Å². The maximum Gasteiger partial charge on any atom is 0.257 e. The molecule has 9 heteroatoms. The van der Waals surface area contributed by atoms with Crippen molar-refractivity contribution in [2.45, 2.75) is 13.8 Å². The van der Waals surface area contributed by atoms with Crippen molar-refractivity contribution in [2.24, 2.45) is 0 Å². The van der Waals surface area contributed by atoms with E-state index in [1.807, 2.05) is 0 Å². The normalized spacial score (nSPS) is 10.3. The van der Waals surface area contributed by atoms with E-state index in [4.69, 9.17) is 0 Å². The number of nitrogens with one attached hydrogen (secondary N) is 3. The fraction of sp³-hybridized carbons (Fsp3) is 0.100. The van der Waals surface area contributed by atoms with Crippen molar-refractivity contribution in [3.63, 3.8) is 0 Å². The van der Waals surface area contributed by atoms with Crippen molar-refractivity contribution in [3.8, 4) is 11.3 Å². The molecule has 3 N–H and O–H groups in total. The molecule has 7 nitrogen and oxygen atoms in total. The molecule has 0 aliphatic heterocycles. The Kier molecular flexibility index (Phi) is 5.99. The highest BCUT2D eigenvalue weighted by molar-refractivity contribution is 7.14. The number of hydrogen-bond donors (Lipinski definition) is 3. The van der Waals surface area contributed by atoms with Crippen molar-refractivity contribution in [3.05, 3.63) is 59.2 Å². The zero-order chi connectivity index (χ0) is 21.0. The maximum atomic E-state index is 14.4. The summed E-state index contributed by atoms with van der Waals surface area (Å²) in [6.07, 6.45) is 0. The average molecular weight is 412 g/mol. The first-order chi connectivity index (χ1) is 13.8. The number of thiazole rings is 1. The van der Waals surface area contributed by atoms with E-state index in [1.165, 1.54) is 26.0 Å². The van der Waals surface area contributed by atoms with E-state index < -0.39 is 11.7 Å². The zero-order valence-corrected chi connectivity index (χ0v) is 16.4. The molecule has 0 fully saturated rings. The van der Waals surface area contributed by atoms with Crippen LogP contribution in [0, 0.1) is 5.82 Å². The molecular weight excluding hydrogens is 395 g/mol. The van der Waals surface area contributed by atoms with E-state index >= 15 is 0 Å². The first-order valence-electron chi connectivity index (χ1n) is 8.54. The third-order valence-electron chi connectivity index (χ3n) is 3.74. The summed E-state index contributed by atoms with van der Waals surface area (Å²) < 4.78 is 14.4. The minimum Gasteiger partial charge on any atom is -0.326 e. The van der Waals surface area contributed by atoms with Gasteiger partial charge in [0.1, 0.15) is 5.82 Å². The molecule has 148 valence electrons. The fourth-order valence-electron chi connectivity index (χ4n) is 2.57. The number of halogens is 1. The van der Waals surface area contributed by atoms with Gasteiger partial charge in [0.25, 0.3) is 5.91 Å². The number of nitrogens with zero attached hydrogens (tertiary/aromatic N) is 1. The van der Waals surface area contributed by atoms with E-state index in [2.05, 4.69) is 20.9 Å². The quantitative estimate of drug-likeness (QED) is 0.587. The third kappa shape index (κ3) is 5.23. The second-order valence-corrected chi connectivity index (χ2v) is 6.99. The Balaban J connectivity index is 1.74. The van der Waals surface area contributed by atoms with Crippen LogP contribution < -0.4 is 16.0 Å². The van der Waals surface area contributed by atoms with Gasteiger partial charge in [-0.15, -0.1) is 11.3 Å². The first kappa shape index (κ1) is 20.2. The van der Waals surface area contributed by atoms with Gasteiger partial charge in [-0.25, -0.2) is 9.37 Å². The van der Waals surface area contributed by atoms with Crippen molar-refractivity contribution in [1.29, 1.82) is 0 Å². The molecule has 1 heterocycles. The summed E-state index contributed by atoms with van der Waals surface area (Å²) in [6, 6.07) is 10.8. The van der Waals surface area contributed by atoms with Crippen LogP contribution in [0.5, 0.6) is 0 Å². The Bertz CT molecular complexity index is 1100. The number of anilines is 3. The van der Waals surface area contributed by atoms with Gasteiger partial charge in [-0.05, 0) is 36.4 Å². The van der Waals surface area contributed by atoms with Crippen LogP contribution in [0.25, 0.3) is 11.3 Å². The van der Waals surface area contributed by atoms with Crippen LogP contribution >= 0.6 is 11.3 Å². The summed E-state index contributed by atoms with van der Waals surface area (Å²) in [4.78, 5) is 38.9. The maximum absolute atomic E-state index is 14.4. The molecule has 3 aromatic rings. The molecule has 1 aromatic heterocycles. The number of amides is 3. The van der Waals surface area contributed by atoms with Gasteiger partial charge in [-0.3, -0.25) is 19.7 Å². The standard InChI is InChI=1S/C20H17FN4O3S/c1-11(26)22-14-5-3-4-13(8-14)19(28)25-20-24-18(10-29-20)16-7-6-15(9-17(16)21)23-12(2)27/h3-10H,1-2H3,(H,22,26)(H,23,27)(H,24,25,28). The topological polar surface area (TPSA) is 100 Å². The molecule has 0 saturated carbocycles. The summed E-state index contributed by atoms with van der Waals surface area (Å²) in [5.74, 6) is -1.47. The predicted octanol–water partition coefficient (Wildman–Crippen LogP) is 4.12. The summed E-state index contributed by atoms with van der Waals surface area (Å²) in [6.45, 7) is 2.72. The van der Waals surface area contributed by atoms with E-state index in [0.717, 1.165) is 11.3 Å². The Morgan fingerprint density at radius 3 is 2.28 bits per heavy atom. The second kappa shape index (κ2) is 8.61. The molecule has 3 amide bonds. The fourth-order valence-corrected chi connectivity index (χ4v) is 3.28. The van der Waals surface area contributed by atoms with Gasteiger partial charge in [0.15, 0.2) is 5.13 Å². The van der Waals surface area contributed by atoms with Crippen LogP contribution in [-0.4, -0.2) is 22.7 Å². The third-order valence-corrected chi connectivity index (χ3v) is 4.49. The number of aromatic nitrogens is 1. The lowest BCUT2D eigenvalue weighted by Crippen LogP contribution is -2.13. The Hall–Kier alpha value is -3.59. The lowest BCUT2D eigenvalue weighted by Gasteiger charge is -2.06. The van der Waals surface area contributed by atoms with Crippen LogP contribution in [0.3, 0.4) is 0 Å². The Labute approximate surface area is 170 Å². The number of carbonyl (C=O) groups is 3. The lowest BCUT2D eigenvalue weighted by atomic mass is 10.1. The van der Waals surface area contributed by atoms with E-state index in [0.29, 0.717) is 27.8 Å². The zero-order valence-electron chi connectivity index (χ0n) is 15.6. The molecule has 0 unspecified atom stereocenters. The van der Waals surface area contributed by atoms with Gasteiger partial charge in [-0.1, -0.05) is 6.07 Å². The van der Waals surface area contributed by atoms with Gasteiger partial charge in [0.2, 0.25) is 11.8 Å². The minimum absolute atomic E-state index is 0.237. The number of carbonyl (C=O) groups excluding carboxylic acids is 3. The first-order valence-corrected chi connectivity index (χ1v) is 9.42. The molecule has 0 bridgehead atoms. The van der Waals surface area contributed by atoms with Gasteiger partial charge < -0.3 is 10.6 Å². The highest BCUT2D eigenvalue weighted by Gasteiger charge is 2.13. The van der Waals surface area contributed by atoms with Gasteiger partial charge >= 0.3 is 0 Å². The summed E-state index contributed by atoms with van der Waals surface area (Å²) in [7, 11) is 0. The van der Waals surface area contributed by atoms with Crippen molar-refractivity contribution < 1.29 is 18.8 Å². The molecule has 0 radical (unpaired) electrons. The summed E-state index contributed by atoms with van der Waals surface area (Å²) in [5.41, 5.74) is 1.82. The number of rotatable bonds is 5. The van der Waals surface area contributed by atoms with E-state index in [-0.39, 0.29) is 17.4 Å². The SMILES string of the molecule is CC(=O)Nc1cccc(C(=O)Nc2nc(-c3ccc(NC(C)=O)cc3F)cs2)c1. The van der Waals surface area contributed by atoms with E-state index in [9.17, 15) is 18.8 Å². The Morgan fingerprint density at radius 1 is 0.931 bits per heavy atom. The van der Waals surface area contributed by atoms with Crippen molar-refractivity contribution in [2.75, 3.05) is 16.0 Å². The van der Waals surface area contributed by atoms with Crippen LogP contribution in [0.4, 0.5) is 20.9 Å². The molecule has 0 saturated heterocycles. The predicted molar refractivity (Wildman–Crippen MR) is 111 cm³/mol. The van der Waals surface area contributed by atoms with Crippen LogP contribution in [0.15, 0.2) is 47.8 Å². The smallest absolute Gasteiger partial charge is 0.257 e. The van der Waals surface area contributed by atoms with Crippen LogP contribution in [0.1, 0.15) is 24.2 Å². The minimum atomic E-state index is -0.539. The molecule has 0 aliphatic carbocycles. The monoisotopic (exact) mass is 412 g/mol. The number of benzene rings is 2. The number of hydrogen-bond acceptors (Lipinski definition) is 5. The van der Waals surface area contributed by atoms with Gasteiger partial charge in [0, 0.05) is 41.7 Å². The van der Waals surface area contributed by atoms with Gasteiger partial charge in [0.05, 0.1) is 5.69 Å². The summed E-state index contributed by atoms with van der Waals surface area (Å²) >= 11 is 1.16. The molecule has 29 heavy (non-hydrogen) atoms. The van der Waals surface area contributed by atoms with Crippen LogP contribution in [-0.2, 0) is 9.59 Å². The Morgan fingerprint density at radius 2 is 1.62 bits per heavy atom. The summed E-state index contributed by atoms with van der Waals surface area (Å²) in [5, 5.41) is 9.72. The molecular formula is C20H17FN4O3S. The second-order valence-electron chi connectivity index (χ2n) is 6.13. The average Bonchev–Trinajstić information content (AvgIpc) is 3.09. The molecule has 3 rings (SSSR count). The largest absolute Gasteiger partial charge is 0.326 e. The van der Waals surface area contributed by atoms with Gasteiger partial charge in [-0.2, -0.15) is 0 Å². The highest BCUT2D eigenvalue weighted by Crippen LogP contribution is 2.29. The molecule has 2 aromatic carbocycles. The van der Waals surface area contributed by atoms with Crippen molar-refractivity contribution in [1.82, 2.24) is 4.98 Å². The lowest BCUT2D eigenvalue weighted by molar-refractivity contribution is -0.115. The molecule has 0 atom stereocenters. The van der Waals surface area contributed by atoms with E-state index in [1.54, 1.807) is 35.7 Å². The molecule has 0 spiro atoms. The molecule has 0 aliphatic rings. The van der Waals surface area contributed by atoms with Crippen molar-refractivity contribution >= 4 is 45.6 Å².